The van der Waals surface area contributed by atoms with Crippen LogP contribution >= 0.6 is 0 Å². The van der Waals surface area contributed by atoms with Crippen LogP contribution in [0.1, 0.15) is 0 Å². The number of nitrogens with zero attached hydrogens (tertiary/aromatic N) is 4. The predicted octanol–water partition coefficient (Wildman–Crippen LogP) is 10.9. The molecule has 0 aliphatic heterocycles. The molecule has 0 amide bonds. The predicted molar refractivity (Wildman–Crippen MR) is 193 cm³/mol. The van der Waals surface area contributed by atoms with Gasteiger partial charge in [-0.3, -0.25) is 9.38 Å². The zero-order valence-electron chi connectivity index (χ0n) is 25.1. The highest BCUT2D eigenvalue weighted by Gasteiger charge is 2.18. The second kappa shape index (κ2) is 9.05. The van der Waals surface area contributed by atoms with Crippen LogP contribution < -0.4 is 0 Å². The van der Waals surface area contributed by atoms with Crippen LogP contribution in [0.15, 0.2) is 150 Å². The first kappa shape index (κ1) is 24.8. The Kier molecular flexibility index (Phi) is 4.78. The van der Waals surface area contributed by atoms with Gasteiger partial charge in [0, 0.05) is 49.8 Å². The van der Waals surface area contributed by atoms with Crippen LogP contribution in [0.4, 0.5) is 0 Å². The number of imidazole rings is 1. The molecule has 0 unspecified atom stereocenters. The van der Waals surface area contributed by atoms with Gasteiger partial charge in [0.15, 0.2) is 5.58 Å². The standard InChI is InChI=1S/C42H24N4O/c1-2-13-31-27(9-1)33-21-25(35-22-26(19-20-43-35)46-36-14-6-3-10-28(36)29-11-4-7-15-37(29)46)17-18-32(33)42-41(31)44-40-23-34-30-12-5-8-16-38(30)47-39(34)24-45(40)42/h1-24H. The quantitative estimate of drug-likeness (QED) is 0.186. The molecule has 5 nitrogen and oxygen atoms in total. The summed E-state index contributed by atoms with van der Waals surface area (Å²) in [6, 6.07) is 47.1. The largest absolute Gasteiger partial charge is 0.455 e. The van der Waals surface area contributed by atoms with Gasteiger partial charge in [-0.2, -0.15) is 0 Å². The zero-order valence-corrected chi connectivity index (χ0v) is 25.1. The van der Waals surface area contributed by atoms with Crippen molar-refractivity contribution in [3.05, 3.63) is 146 Å². The number of pyridine rings is 2. The van der Waals surface area contributed by atoms with Crippen LogP contribution in [0.3, 0.4) is 0 Å². The zero-order chi connectivity index (χ0) is 30.6. The summed E-state index contributed by atoms with van der Waals surface area (Å²) in [5.74, 6) is 0. The molecule has 0 radical (unpaired) electrons. The molecule has 218 valence electrons. The lowest BCUT2D eigenvalue weighted by atomic mass is 9.97. The van der Waals surface area contributed by atoms with Gasteiger partial charge in [0.05, 0.1) is 34.0 Å². The van der Waals surface area contributed by atoms with E-state index in [9.17, 15) is 0 Å². The van der Waals surface area contributed by atoms with Crippen molar-refractivity contribution in [2.45, 2.75) is 0 Å². The van der Waals surface area contributed by atoms with E-state index >= 15 is 0 Å². The van der Waals surface area contributed by atoms with Gasteiger partial charge < -0.3 is 8.98 Å². The summed E-state index contributed by atoms with van der Waals surface area (Å²) in [6.07, 6.45) is 4.02. The molecule has 5 heterocycles. The Morgan fingerprint density at radius 1 is 0.511 bits per heavy atom. The van der Waals surface area contributed by atoms with Gasteiger partial charge >= 0.3 is 0 Å². The van der Waals surface area contributed by atoms with Crippen molar-refractivity contribution in [3.8, 4) is 16.9 Å². The molecular weight excluding hydrogens is 576 g/mol. The molecule has 0 spiro atoms. The van der Waals surface area contributed by atoms with Crippen molar-refractivity contribution >= 4 is 82.0 Å². The van der Waals surface area contributed by atoms with Crippen LogP contribution in [0.5, 0.6) is 0 Å². The van der Waals surface area contributed by atoms with Crippen molar-refractivity contribution in [2.24, 2.45) is 0 Å². The molecule has 0 bridgehead atoms. The monoisotopic (exact) mass is 600 g/mol. The minimum absolute atomic E-state index is 0.849. The molecule has 11 rings (SSSR count). The maximum atomic E-state index is 6.29. The number of rotatable bonds is 2. The maximum Gasteiger partial charge on any atom is 0.152 e. The van der Waals surface area contributed by atoms with Crippen LogP contribution in [-0.2, 0) is 0 Å². The molecule has 5 aromatic heterocycles. The van der Waals surface area contributed by atoms with Crippen LogP contribution in [-0.4, -0.2) is 18.9 Å². The number of furan rings is 1. The van der Waals surface area contributed by atoms with E-state index in [2.05, 4.69) is 136 Å². The molecule has 0 aliphatic carbocycles. The normalized spacial score (nSPS) is 12.3. The molecule has 5 heteroatoms. The van der Waals surface area contributed by atoms with Gasteiger partial charge in [0.2, 0.25) is 0 Å². The second-order valence-electron chi connectivity index (χ2n) is 12.3. The summed E-state index contributed by atoms with van der Waals surface area (Å²) >= 11 is 0. The number of hydrogen-bond acceptors (Lipinski definition) is 3. The summed E-state index contributed by atoms with van der Waals surface area (Å²) in [5, 5.41) is 9.29. The lowest BCUT2D eigenvalue weighted by Gasteiger charge is -2.12. The lowest BCUT2D eigenvalue weighted by Crippen LogP contribution is -1.95. The Bertz CT molecular complexity index is 3030. The Morgan fingerprint density at radius 2 is 1.21 bits per heavy atom. The Hall–Kier alpha value is -6.46. The van der Waals surface area contributed by atoms with E-state index in [-0.39, 0.29) is 0 Å². The van der Waals surface area contributed by atoms with Gasteiger partial charge in [-0.15, -0.1) is 0 Å². The first-order chi connectivity index (χ1) is 23.3. The third kappa shape index (κ3) is 3.37. The number of benzene rings is 6. The van der Waals surface area contributed by atoms with Crippen molar-refractivity contribution in [3.63, 3.8) is 0 Å². The fraction of sp³-hybridized carbons (Fsp3) is 0. The maximum absolute atomic E-state index is 6.29. The van der Waals surface area contributed by atoms with E-state index in [1.807, 2.05) is 18.3 Å². The minimum atomic E-state index is 0.849. The second-order valence-corrected chi connectivity index (χ2v) is 12.3. The number of fused-ring (bicyclic) bond motifs is 14. The summed E-state index contributed by atoms with van der Waals surface area (Å²) < 4.78 is 10.8. The van der Waals surface area contributed by atoms with E-state index in [1.54, 1.807) is 0 Å². The van der Waals surface area contributed by atoms with Crippen molar-refractivity contribution in [1.82, 2.24) is 18.9 Å². The topological polar surface area (TPSA) is 48.3 Å². The molecule has 0 fully saturated rings. The minimum Gasteiger partial charge on any atom is -0.455 e. The third-order valence-electron chi connectivity index (χ3n) is 9.75. The fourth-order valence-corrected chi connectivity index (χ4v) is 7.68. The molecule has 47 heavy (non-hydrogen) atoms. The van der Waals surface area contributed by atoms with Crippen LogP contribution in [0.2, 0.25) is 0 Å². The molecule has 0 atom stereocenters. The molecular formula is C42H24N4O. The third-order valence-corrected chi connectivity index (χ3v) is 9.75. The highest BCUT2D eigenvalue weighted by Crippen LogP contribution is 2.39. The smallest absolute Gasteiger partial charge is 0.152 e. The summed E-state index contributed by atoms with van der Waals surface area (Å²) in [6.45, 7) is 0. The highest BCUT2D eigenvalue weighted by molar-refractivity contribution is 6.25. The van der Waals surface area contributed by atoms with Gasteiger partial charge in [0.1, 0.15) is 11.2 Å². The Labute approximate surface area is 267 Å². The lowest BCUT2D eigenvalue weighted by molar-refractivity contribution is 0.666. The van der Waals surface area contributed by atoms with E-state index in [0.29, 0.717) is 0 Å². The molecule has 0 aliphatic rings. The fourth-order valence-electron chi connectivity index (χ4n) is 7.68. The number of hydrogen-bond donors (Lipinski definition) is 0. The van der Waals surface area contributed by atoms with Crippen molar-refractivity contribution in [1.29, 1.82) is 0 Å². The van der Waals surface area contributed by atoms with Crippen molar-refractivity contribution < 1.29 is 4.42 Å². The summed E-state index contributed by atoms with van der Waals surface area (Å²) in [5.41, 5.74) is 10.2. The average molecular weight is 601 g/mol. The Balaban J connectivity index is 1.16. The van der Waals surface area contributed by atoms with Crippen LogP contribution in [0, 0.1) is 0 Å². The number of aromatic nitrogens is 4. The first-order valence-corrected chi connectivity index (χ1v) is 15.8. The molecule has 0 saturated carbocycles. The summed E-state index contributed by atoms with van der Waals surface area (Å²) in [7, 11) is 0. The molecule has 6 aromatic carbocycles. The van der Waals surface area contributed by atoms with Crippen LogP contribution in [0.25, 0.3) is 98.9 Å². The van der Waals surface area contributed by atoms with E-state index in [1.165, 1.54) is 32.6 Å². The summed E-state index contributed by atoms with van der Waals surface area (Å²) in [4.78, 5) is 10.1. The van der Waals surface area contributed by atoms with E-state index in [0.717, 1.165) is 66.3 Å². The molecule has 11 aromatic rings. The van der Waals surface area contributed by atoms with Gasteiger partial charge in [-0.25, -0.2) is 4.98 Å². The van der Waals surface area contributed by atoms with E-state index < -0.39 is 0 Å². The van der Waals surface area contributed by atoms with Gasteiger partial charge in [-0.05, 0) is 53.2 Å². The Morgan fingerprint density at radius 3 is 2.02 bits per heavy atom. The van der Waals surface area contributed by atoms with Crippen molar-refractivity contribution in [2.75, 3.05) is 0 Å². The van der Waals surface area contributed by atoms with Gasteiger partial charge in [-0.1, -0.05) is 91.0 Å². The highest BCUT2D eigenvalue weighted by atomic mass is 16.3. The SMILES string of the molecule is c1ccc2c(c1)oc1cn3c(cc12)nc1c2ccccc2c2cc(-c4cc(-n5c6ccccc6c6ccccc65)ccn4)ccc2c13. The molecule has 0 N–H and O–H groups in total. The number of para-hydroxylation sites is 3. The average Bonchev–Trinajstić information content (AvgIpc) is 3.80. The van der Waals surface area contributed by atoms with E-state index in [4.69, 9.17) is 14.4 Å². The first-order valence-electron chi connectivity index (χ1n) is 15.8. The molecule has 0 saturated heterocycles. The van der Waals surface area contributed by atoms with Gasteiger partial charge in [0.25, 0.3) is 0 Å².